The van der Waals surface area contributed by atoms with Crippen LogP contribution in [0.15, 0.2) is 54.6 Å². The Morgan fingerprint density at radius 3 is 2.32 bits per heavy atom. The second-order valence-corrected chi connectivity index (χ2v) is 11.3. The number of aliphatic hydroxyl groups excluding tert-OH is 4. The molecule has 41 heavy (non-hydrogen) atoms. The van der Waals surface area contributed by atoms with Crippen LogP contribution >= 0.6 is 0 Å². The van der Waals surface area contributed by atoms with Crippen molar-refractivity contribution >= 4 is 23.4 Å². The van der Waals surface area contributed by atoms with E-state index in [4.69, 9.17) is 14.6 Å². The molecule has 0 aliphatic carbocycles. The van der Waals surface area contributed by atoms with Gasteiger partial charge in [-0.05, 0) is 50.5 Å². The van der Waals surface area contributed by atoms with Crippen molar-refractivity contribution in [2.24, 2.45) is 0 Å². The molecule has 2 heterocycles. The summed E-state index contributed by atoms with van der Waals surface area (Å²) in [4.78, 5) is 10.7. The molecule has 5 N–H and O–H groups in total. The fourth-order valence-electron chi connectivity index (χ4n) is 5.59. The first-order chi connectivity index (χ1) is 19.6. The molecule has 1 fully saturated rings. The minimum atomic E-state index is -1.50. The van der Waals surface area contributed by atoms with E-state index in [0.717, 1.165) is 44.2 Å². The number of aliphatic carboxylic acids is 1. The molecule has 2 aliphatic heterocycles. The van der Waals surface area contributed by atoms with Crippen LogP contribution < -0.4 is 4.74 Å². The molecule has 1 saturated heterocycles. The molecule has 9 heteroatoms. The number of unbranched alkanes of at least 4 members (excludes halogenated alkanes) is 4. The number of allylic oxidation sites excluding steroid dienone is 1. The second-order valence-electron chi connectivity index (χ2n) is 11.3. The average Bonchev–Trinajstić information content (AvgIpc) is 3.17. The highest BCUT2D eigenvalue weighted by molar-refractivity contribution is 6.05. The molecule has 0 aromatic heterocycles. The summed E-state index contributed by atoms with van der Waals surface area (Å²) < 4.78 is 13.5. The van der Waals surface area contributed by atoms with E-state index in [9.17, 15) is 25.2 Å². The third-order valence-corrected chi connectivity index (χ3v) is 7.99. The van der Waals surface area contributed by atoms with Gasteiger partial charge in [0.05, 0.1) is 12.0 Å². The molecule has 2 aromatic carbocycles. The van der Waals surface area contributed by atoms with E-state index in [1.807, 2.05) is 12.1 Å². The summed E-state index contributed by atoms with van der Waals surface area (Å²) in [5, 5.41) is 48.4. The number of benzene rings is 2. The van der Waals surface area contributed by atoms with Crippen molar-refractivity contribution in [1.82, 2.24) is 0 Å². The number of rotatable bonds is 13. The monoisotopic (exact) mass is 568 g/mol. The summed E-state index contributed by atoms with van der Waals surface area (Å²) in [6.07, 6.45) is 2.52. The Morgan fingerprint density at radius 1 is 0.927 bits per heavy atom. The van der Waals surface area contributed by atoms with Crippen LogP contribution in [-0.4, -0.2) is 85.6 Å². The fourth-order valence-corrected chi connectivity index (χ4v) is 5.59. The number of ether oxygens (including phenoxy) is 2. The van der Waals surface area contributed by atoms with Crippen molar-refractivity contribution < 1.29 is 44.4 Å². The number of para-hydroxylation sites is 1. The van der Waals surface area contributed by atoms with E-state index in [0.29, 0.717) is 5.75 Å². The van der Waals surface area contributed by atoms with Gasteiger partial charge in [-0.15, -0.1) is 0 Å². The molecule has 2 aliphatic rings. The number of nitrogens with zero attached hydrogens (tertiary/aromatic N) is 1. The van der Waals surface area contributed by atoms with Crippen LogP contribution in [0, 0.1) is 0 Å². The zero-order chi connectivity index (χ0) is 29.6. The molecular weight excluding hydrogens is 526 g/mol. The van der Waals surface area contributed by atoms with Crippen LogP contribution in [0.4, 0.5) is 5.69 Å². The Balaban J connectivity index is 1.44. The highest BCUT2D eigenvalue weighted by atomic mass is 16.7. The van der Waals surface area contributed by atoms with Crippen molar-refractivity contribution in [3.05, 3.63) is 65.7 Å². The normalized spacial score (nSPS) is 25.5. The SMILES string of the molecule is CC1(C)C(/C=C/c2ccc(O[C@@H]3O[C@H](CO)[C@H](O)[C@H](O)[C@H]3O)cc2)=[N+](CCCCCCCC(=O)O)c2ccccc21. The first-order valence-electron chi connectivity index (χ1n) is 14.3. The van der Waals surface area contributed by atoms with Crippen LogP contribution in [0.25, 0.3) is 6.08 Å². The molecule has 0 spiro atoms. The molecule has 2 aromatic rings. The van der Waals surface area contributed by atoms with Crippen LogP contribution in [-0.2, 0) is 14.9 Å². The van der Waals surface area contributed by atoms with Gasteiger partial charge >= 0.3 is 5.97 Å². The van der Waals surface area contributed by atoms with Gasteiger partial charge in [0.15, 0.2) is 5.71 Å². The Kier molecular flexibility index (Phi) is 10.3. The predicted molar refractivity (Wildman–Crippen MR) is 154 cm³/mol. The van der Waals surface area contributed by atoms with Gasteiger partial charge in [-0.2, -0.15) is 4.58 Å². The topological polar surface area (TPSA) is 140 Å². The second kappa shape index (κ2) is 13.7. The van der Waals surface area contributed by atoms with E-state index in [1.54, 1.807) is 12.1 Å². The van der Waals surface area contributed by atoms with Crippen molar-refractivity contribution in [3.63, 3.8) is 0 Å². The lowest BCUT2D eigenvalue weighted by Crippen LogP contribution is -2.60. The first-order valence-corrected chi connectivity index (χ1v) is 14.3. The van der Waals surface area contributed by atoms with E-state index < -0.39 is 43.3 Å². The minimum absolute atomic E-state index is 0.180. The average molecular weight is 569 g/mol. The lowest BCUT2D eigenvalue weighted by Gasteiger charge is -2.39. The summed E-state index contributed by atoms with van der Waals surface area (Å²) in [5.41, 5.74) is 4.46. The number of carboxylic acids is 1. The van der Waals surface area contributed by atoms with Crippen molar-refractivity contribution in [2.45, 2.75) is 88.5 Å². The zero-order valence-corrected chi connectivity index (χ0v) is 23.7. The van der Waals surface area contributed by atoms with Crippen molar-refractivity contribution in [3.8, 4) is 5.75 Å². The van der Waals surface area contributed by atoms with Gasteiger partial charge in [0.1, 0.15) is 36.7 Å². The summed E-state index contributed by atoms with van der Waals surface area (Å²) in [7, 11) is 0. The zero-order valence-electron chi connectivity index (χ0n) is 23.7. The third-order valence-electron chi connectivity index (χ3n) is 7.99. The number of aliphatic hydroxyl groups is 4. The molecule has 9 nitrogen and oxygen atoms in total. The summed E-state index contributed by atoms with van der Waals surface area (Å²) >= 11 is 0. The van der Waals surface area contributed by atoms with Gasteiger partial charge < -0.3 is 35.0 Å². The molecule has 4 rings (SSSR count). The summed E-state index contributed by atoms with van der Waals surface area (Å²) in [6.45, 7) is 4.83. The van der Waals surface area contributed by atoms with Gasteiger partial charge in [0, 0.05) is 30.5 Å². The fraction of sp³-hybridized carbons (Fsp3) is 0.500. The van der Waals surface area contributed by atoms with Crippen LogP contribution in [0.5, 0.6) is 5.75 Å². The van der Waals surface area contributed by atoms with Crippen LogP contribution in [0.1, 0.15) is 63.5 Å². The minimum Gasteiger partial charge on any atom is -0.481 e. The van der Waals surface area contributed by atoms with Crippen molar-refractivity contribution in [1.29, 1.82) is 0 Å². The van der Waals surface area contributed by atoms with E-state index in [2.05, 4.69) is 54.8 Å². The largest absolute Gasteiger partial charge is 0.481 e. The molecule has 5 atom stereocenters. The number of carboxylic acid groups (broad SMARTS) is 1. The highest BCUT2D eigenvalue weighted by Crippen LogP contribution is 2.40. The van der Waals surface area contributed by atoms with Crippen LogP contribution in [0.3, 0.4) is 0 Å². The molecular formula is C32H42NO8+. The Bertz CT molecular complexity index is 1240. The van der Waals surface area contributed by atoms with E-state index >= 15 is 0 Å². The standard InChI is InChI=1S/C32H41NO8/c1-32(2)23-10-7-8-11-24(23)33(19-9-5-3-4-6-12-27(35)36)26(32)18-15-21-13-16-22(17-14-21)40-31-30(39)29(38)28(37)25(20-34)41-31/h7-8,10-11,13-18,25,28-31,34,37-39H,3-6,9,12,19-20H2,1-2H3/p+1/b18-15+/t25-,28+,29+,30-,31-/m1/s1. The number of carbonyl (C=O) groups is 1. The van der Waals surface area contributed by atoms with Crippen molar-refractivity contribution in [2.75, 3.05) is 13.2 Å². The lowest BCUT2D eigenvalue weighted by molar-refractivity contribution is -0.438. The smallest absolute Gasteiger partial charge is 0.303 e. The molecule has 0 radical (unpaired) electrons. The van der Waals surface area contributed by atoms with Gasteiger partial charge in [-0.1, -0.05) is 43.2 Å². The summed E-state index contributed by atoms with van der Waals surface area (Å²) in [5.74, 6) is -0.319. The van der Waals surface area contributed by atoms with Gasteiger partial charge in [0.25, 0.3) is 0 Å². The van der Waals surface area contributed by atoms with Gasteiger partial charge in [0.2, 0.25) is 12.0 Å². The Morgan fingerprint density at radius 2 is 1.61 bits per heavy atom. The number of hydrogen-bond acceptors (Lipinski definition) is 7. The molecule has 0 unspecified atom stereocenters. The Hall–Kier alpha value is -3.08. The lowest BCUT2D eigenvalue weighted by atomic mass is 9.81. The van der Waals surface area contributed by atoms with E-state index in [-0.39, 0.29) is 11.8 Å². The maximum atomic E-state index is 10.7. The third kappa shape index (κ3) is 7.23. The van der Waals surface area contributed by atoms with Crippen LogP contribution in [0.2, 0.25) is 0 Å². The Labute approximate surface area is 241 Å². The molecule has 0 saturated carbocycles. The molecule has 0 amide bonds. The number of fused-ring (bicyclic) bond motifs is 1. The van der Waals surface area contributed by atoms with E-state index in [1.165, 1.54) is 17.0 Å². The maximum absolute atomic E-state index is 10.7. The quantitative estimate of drug-likeness (QED) is 0.183. The maximum Gasteiger partial charge on any atom is 0.303 e. The van der Waals surface area contributed by atoms with Gasteiger partial charge in [-0.25, -0.2) is 0 Å². The molecule has 0 bridgehead atoms. The summed E-state index contributed by atoms with van der Waals surface area (Å²) in [6, 6.07) is 15.7. The predicted octanol–water partition coefficient (Wildman–Crippen LogP) is 3.38. The molecule has 222 valence electrons. The number of hydrogen-bond donors (Lipinski definition) is 5. The first kappa shape index (κ1) is 30.9. The highest BCUT2D eigenvalue weighted by Gasteiger charge is 2.45. The van der Waals surface area contributed by atoms with Gasteiger partial charge in [-0.3, -0.25) is 4.79 Å².